The minimum Gasteiger partial charge on any atom is -0.507 e. The molecule has 2 aromatic carbocycles. The molecule has 1 fully saturated rings. The van der Waals surface area contributed by atoms with Crippen LogP contribution in [0.2, 0.25) is 0 Å². The molecule has 5 atom stereocenters. The van der Waals surface area contributed by atoms with Crippen molar-refractivity contribution in [2.75, 3.05) is 34.9 Å². The van der Waals surface area contributed by atoms with Crippen molar-refractivity contribution in [2.45, 2.75) is 70.0 Å². The summed E-state index contributed by atoms with van der Waals surface area (Å²) in [6, 6.07) is 4.46. The van der Waals surface area contributed by atoms with Crippen molar-refractivity contribution in [3.63, 3.8) is 0 Å². The number of ether oxygens (including phenoxy) is 3. The van der Waals surface area contributed by atoms with Crippen LogP contribution in [-0.4, -0.2) is 78.2 Å². The second-order valence-electron chi connectivity index (χ2n) is 11.9. The molecule has 0 amide bonds. The third-order valence-electron chi connectivity index (χ3n) is 10.0. The van der Waals surface area contributed by atoms with Gasteiger partial charge in [-0.15, -0.1) is 0 Å². The second-order valence-corrected chi connectivity index (χ2v) is 11.9. The topological polar surface area (TPSA) is 144 Å². The van der Waals surface area contributed by atoms with Crippen LogP contribution < -0.4 is 19.5 Å². The van der Waals surface area contributed by atoms with E-state index in [-0.39, 0.29) is 36.2 Å². The smallest absolute Gasteiger partial charge is 0.167 e. The van der Waals surface area contributed by atoms with E-state index < -0.39 is 12.1 Å². The van der Waals surface area contributed by atoms with Crippen LogP contribution in [0.3, 0.4) is 0 Å². The van der Waals surface area contributed by atoms with Gasteiger partial charge in [0.2, 0.25) is 0 Å². The number of aliphatic hydroxyl groups excluding tert-OH is 1. The lowest BCUT2D eigenvalue weighted by Crippen LogP contribution is -2.68. The van der Waals surface area contributed by atoms with Crippen LogP contribution in [0.25, 0.3) is 0 Å². The molecule has 234 valence electrons. The molecule has 44 heavy (non-hydrogen) atoms. The number of phenols is 2. The average Bonchev–Trinajstić information content (AvgIpc) is 3.52. The third kappa shape index (κ3) is 4.24. The Morgan fingerprint density at radius 1 is 0.977 bits per heavy atom. The summed E-state index contributed by atoms with van der Waals surface area (Å²) >= 11 is 0. The first-order chi connectivity index (χ1) is 21.2. The minimum atomic E-state index is -0.559. The maximum absolute atomic E-state index is 11.7. The van der Waals surface area contributed by atoms with E-state index in [1.807, 2.05) is 33.0 Å². The first kappa shape index (κ1) is 30.1. The van der Waals surface area contributed by atoms with E-state index in [0.717, 1.165) is 22.5 Å². The number of nitriles is 1. The number of nitrogens with zero attached hydrogens (tertiary/aromatic N) is 3. The van der Waals surface area contributed by atoms with E-state index in [0.29, 0.717) is 65.4 Å². The van der Waals surface area contributed by atoms with Gasteiger partial charge in [-0.2, -0.15) is 5.26 Å². The standard InChI is InChI=1S/C33H40N4O7/c1-16-21(15-38)29(39)26-19(31(16)41-4)11-23-28-27-20(32(42-5)17(2)33(43-6)30(27)40)10-22(36(28)3)24(12-34)37(23)25(26)14-35-13-18-8-7-9-44-18/h7-9,22-25,28,35,38-40H,10-11,13-15H2,1-6H3/t22-,23+,24+,25+,28-/m1/s1. The number of benzene rings is 2. The van der Waals surface area contributed by atoms with Crippen LogP contribution in [0.4, 0.5) is 0 Å². The molecule has 0 saturated carbocycles. The van der Waals surface area contributed by atoms with Crippen LogP contribution in [0.15, 0.2) is 22.8 Å². The fourth-order valence-electron chi connectivity index (χ4n) is 8.18. The number of furan rings is 1. The molecular formula is C33H40N4O7. The Labute approximate surface area is 257 Å². The Kier molecular flexibility index (Phi) is 7.88. The normalized spacial score (nSPS) is 24.2. The summed E-state index contributed by atoms with van der Waals surface area (Å²) in [5.74, 6) is 2.50. The molecule has 11 nitrogen and oxygen atoms in total. The highest BCUT2D eigenvalue weighted by Gasteiger charge is 2.56. The minimum absolute atomic E-state index is 0.0204. The molecule has 1 aromatic heterocycles. The van der Waals surface area contributed by atoms with E-state index >= 15 is 0 Å². The zero-order chi connectivity index (χ0) is 31.4. The van der Waals surface area contributed by atoms with Gasteiger partial charge in [-0.25, -0.2) is 0 Å². The van der Waals surface area contributed by atoms with Crippen LogP contribution in [0.5, 0.6) is 28.7 Å². The van der Waals surface area contributed by atoms with Gasteiger partial charge in [0.25, 0.3) is 0 Å². The number of rotatable bonds is 8. The number of nitrogens with one attached hydrogen (secondary N) is 1. The van der Waals surface area contributed by atoms with E-state index in [1.165, 1.54) is 7.11 Å². The summed E-state index contributed by atoms with van der Waals surface area (Å²) < 4.78 is 23.1. The summed E-state index contributed by atoms with van der Waals surface area (Å²) in [6.07, 6.45) is 2.54. The van der Waals surface area contributed by atoms with Crippen molar-refractivity contribution >= 4 is 0 Å². The van der Waals surface area contributed by atoms with Crippen molar-refractivity contribution < 1.29 is 33.9 Å². The maximum Gasteiger partial charge on any atom is 0.167 e. The molecule has 3 aliphatic heterocycles. The first-order valence-electron chi connectivity index (χ1n) is 14.8. The Morgan fingerprint density at radius 3 is 2.25 bits per heavy atom. The predicted molar refractivity (Wildman–Crippen MR) is 161 cm³/mol. The number of phenolic OH excluding ortho intramolecular Hbond substituents is 1. The molecule has 6 rings (SSSR count). The van der Waals surface area contributed by atoms with Crippen LogP contribution in [0, 0.1) is 25.2 Å². The summed E-state index contributed by atoms with van der Waals surface area (Å²) in [7, 11) is 6.76. The van der Waals surface area contributed by atoms with Gasteiger partial charge in [0.15, 0.2) is 11.5 Å². The molecule has 3 aliphatic rings. The number of fused-ring (bicyclic) bond motifs is 7. The number of likely N-dealkylation sites (N-methyl/N-ethyl adjacent to an activating group) is 1. The number of aliphatic hydroxyl groups is 1. The SMILES string of the molecule is COc1c(C)c(OC)c2c(c1O)[C@H]1[C@@H]3Cc4c(OC)c(C)c(CO)c(O)c4[C@H](CNCc4ccco4)N3[C@@H](C#N)[C@@H](C2)N1C. The fraction of sp³-hybridized carbons (Fsp3) is 0.485. The van der Waals surface area contributed by atoms with Crippen LogP contribution in [0.1, 0.15) is 56.8 Å². The van der Waals surface area contributed by atoms with Gasteiger partial charge < -0.3 is 39.3 Å². The summed E-state index contributed by atoms with van der Waals surface area (Å²) in [5, 5.41) is 48.0. The average molecular weight is 605 g/mol. The lowest BCUT2D eigenvalue weighted by Gasteiger charge is -2.60. The number of methoxy groups -OCH3 is 3. The quantitative estimate of drug-likeness (QED) is 0.300. The zero-order valence-electron chi connectivity index (χ0n) is 26.0. The van der Waals surface area contributed by atoms with Gasteiger partial charge in [-0.3, -0.25) is 9.80 Å². The van der Waals surface area contributed by atoms with E-state index in [2.05, 4.69) is 21.2 Å². The van der Waals surface area contributed by atoms with Gasteiger partial charge >= 0.3 is 0 Å². The molecule has 11 heteroatoms. The molecule has 2 bridgehead atoms. The van der Waals surface area contributed by atoms with Gasteiger partial charge in [0, 0.05) is 57.6 Å². The van der Waals surface area contributed by atoms with E-state index in [1.54, 1.807) is 20.5 Å². The maximum atomic E-state index is 11.7. The van der Waals surface area contributed by atoms with Gasteiger partial charge in [-0.1, -0.05) is 0 Å². The Morgan fingerprint density at radius 2 is 1.64 bits per heavy atom. The molecule has 4 heterocycles. The largest absolute Gasteiger partial charge is 0.507 e. The third-order valence-corrected chi connectivity index (χ3v) is 10.0. The highest BCUT2D eigenvalue weighted by Crippen LogP contribution is 2.58. The van der Waals surface area contributed by atoms with E-state index in [9.17, 15) is 20.6 Å². The summed E-state index contributed by atoms with van der Waals surface area (Å²) in [4.78, 5) is 4.40. The molecule has 0 aliphatic carbocycles. The number of hydrogen-bond donors (Lipinski definition) is 4. The highest BCUT2D eigenvalue weighted by atomic mass is 16.5. The number of hydrogen-bond acceptors (Lipinski definition) is 11. The molecule has 3 aromatic rings. The Balaban J connectivity index is 1.58. The van der Waals surface area contributed by atoms with E-state index in [4.69, 9.17) is 18.6 Å². The lowest BCUT2D eigenvalue weighted by atomic mass is 9.71. The fourth-order valence-corrected chi connectivity index (χ4v) is 8.18. The Bertz CT molecular complexity index is 1620. The molecular weight excluding hydrogens is 564 g/mol. The van der Waals surface area contributed by atoms with Gasteiger partial charge in [0.05, 0.1) is 58.9 Å². The summed E-state index contributed by atoms with van der Waals surface area (Å²) in [6.45, 7) is 4.19. The van der Waals surface area contributed by atoms with Crippen LogP contribution >= 0.6 is 0 Å². The van der Waals surface area contributed by atoms with Crippen molar-refractivity contribution in [1.29, 1.82) is 5.26 Å². The molecule has 0 spiro atoms. The Hall–Kier alpha value is -3.95. The van der Waals surface area contributed by atoms with Gasteiger partial charge in [-0.05, 0) is 45.9 Å². The van der Waals surface area contributed by atoms with Crippen molar-refractivity contribution in [3.05, 3.63) is 63.1 Å². The second kappa shape index (κ2) is 11.5. The van der Waals surface area contributed by atoms with Crippen molar-refractivity contribution in [2.24, 2.45) is 0 Å². The van der Waals surface area contributed by atoms with Crippen LogP contribution in [-0.2, 0) is 26.0 Å². The monoisotopic (exact) mass is 604 g/mol. The number of aromatic hydroxyl groups is 2. The number of piperazine rings is 1. The molecule has 0 unspecified atom stereocenters. The highest BCUT2D eigenvalue weighted by molar-refractivity contribution is 5.66. The summed E-state index contributed by atoms with van der Waals surface area (Å²) in [5.41, 5.74) is 4.88. The van der Waals surface area contributed by atoms with Crippen molar-refractivity contribution in [3.8, 4) is 34.8 Å². The first-order valence-corrected chi connectivity index (χ1v) is 14.8. The van der Waals surface area contributed by atoms with Crippen molar-refractivity contribution in [1.82, 2.24) is 15.1 Å². The molecule has 0 radical (unpaired) electrons. The van der Waals surface area contributed by atoms with Gasteiger partial charge in [0.1, 0.15) is 29.1 Å². The molecule has 4 N–H and O–H groups in total. The lowest BCUT2D eigenvalue weighted by molar-refractivity contribution is -0.0729. The zero-order valence-corrected chi connectivity index (χ0v) is 26.0. The predicted octanol–water partition coefficient (Wildman–Crippen LogP) is 3.39. The molecule has 1 saturated heterocycles.